The fourth-order valence-corrected chi connectivity index (χ4v) is 4.65. The van der Waals surface area contributed by atoms with Crippen molar-refractivity contribution in [3.8, 4) is 11.8 Å². The normalized spacial score (nSPS) is 18.8. The summed E-state index contributed by atoms with van der Waals surface area (Å²) in [6.07, 6.45) is 4.23. The molecule has 0 amide bonds. The molecule has 0 unspecified atom stereocenters. The van der Waals surface area contributed by atoms with Gasteiger partial charge in [-0.1, -0.05) is 0 Å². The molecule has 0 bridgehead atoms. The highest BCUT2D eigenvalue weighted by molar-refractivity contribution is 5.97. The average molecular weight is 465 g/mol. The maximum Gasteiger partial charge on any atom is 0.341 e. The molecule has 172 valence electrons. The summed E-state index contributed by atoms with van der Waals surface area (Å²) in [4.78, 5) is 26.3. The fraction of sp³-hybridized carbons (Fsp3) is 0.500. The lowest BCUT2D eigenvalue weighted by molar-refractivity contribution is 0.0695. The Kier molecular flexibility index (Phi) is 6.96. The van der Waals surface area contributed by atoms with Crippen molar-refractivity contribution in [3.05, 3.63) is 33.9 Å². The van der Waals surface area contributed by atoms with Crippen LogP contribution >= 0.6 is 12.4 Å². The number of aromatic nitrogens is 1. The number of carboxylic acid groups (broad SMARTS) is 1. The van der Waals surface area contributed by atoms with Gasteiger partial charge in [0, 0.05) is 31.4 Å². The van der Waals surface area contributed by atoms with Gasteiger partial charge in [0.1, 0.15) is 11.3 Å². The van der Waals surface area contributed by atoms with E-state index in [1.54, 1.807) is 4.57 Å². The van der Waals surface area contributed by atoms with Gasteiger partial charge in [0.15, 0.2) is 11.6 Å². The van der Waals surface area contributed by atoms with Crippen molar-refractivity contribution >= 4 is 35.0 Å². The molecule has 2 fully saturated rings. The number of hydrogen-bond donors (Lipinski definition) is 2. The van der Waals surface area contributed by atoms with Crippen LogP contribution in [-0.4, -0.2) is 48.9 Å². The molecule has 2 aromatic rings. The molecule has 32 heavy (non-hydrogen) atoms. The van der Waals surface area contributed by atoms with Gasteiger partial charge in [-0.25, -0.2) is 9.18 Å². The summed E-state index contributed by atoms with van der Waals surface area (Å²) in [6.45, 7) is 1.14. The van der Waals surface area contributed by atoms with E-state index in [9.17, 15) is 14.7 Å². The van der Waals surface area contributed by atoms with Crippen LogP contribution in [0.3, 0.4) is 0 Å². The molecule has 2 heterocycles. The Balaban J connectivity index is 0.00000289. The van der Waals surface area contributed by atoms with Crippen molar-refractivity contribution in [3.63, 3.8) is 0 Å². The molecule has 1 aliphatic heterocycles. The Labute approximate surface area is 191 Å². The van der Waals surface area contributed by atoms with E-state index in [2.05, 4.69) is 11.4 Å². The summed E-state index contributed by atoms with van der Waals surface area (Å²) in [5.74, 6) is -1.53. The average Bonchev–Trinajstić information content (AvgIpc) is 3.48. The molecule has 1 aromatic carbocycles. The van der Waals surface area contributed by atoms with Gasteiger partial charge < -0.3 is 24.6 Å². The lowest BCUT2D eigenvalue weighted by atomic mass is 9.97. The molecule has 1 saturated heterocycles. The van der Waals surface area contributed by atoms with Gasteiger partial charge in [0.05, 0.1) is 30.5 Å². The first-order valence-electron chi connectivity index (χ1n) is 10.4. The number of aromatic carboxylic acids is 1. The Bertz CT molecular complexity index is 1140. The minimum Gasteiger partial charge on any atom is -0.492 e. The van der Waals surface area contributed by atoms with Crippen molar-refractivity contribution in [1.29, 1.82) is 5.26 Å². The van der Waals surface area contributed by atoms with E-state index < -0.39 is 17.2 Å². The number of nitrogens with one attached hydrogen (secondary N) is 1. The highest BCUT2D eigenvalue weighted by atomic mass is 35.5. The minimum absolute atomic E-state index is 0. The maximum atomic E-state index is 15.4. The molecule has 2 N–H and O–H groups in total. The Morgan fingerprint density at radius 2 is 2.16 bits per heavy atom. The van der Waals surface area contributed by atoms with Gasteiger partial charge in [-0.3, -0.25) is 4.79 Å². The molecule has 8 nitrogen and oxygen atoms in total. The number of hydrogen-bond acceptors (Lipinski definition) is 6. The number of anilines is 1. The molecule has 1 aromatic heterocycles. The summed E-state index contributed by atoms with van der Waals surface area (Å²) in [5, 5.41) is 21.7. The van der Waals surface area contributed by atoms with Gasteiger partial charge in [0.25, 0.3) is 0 Å². The first-order chi connectivity index (χ1) is 14.9. The number of methoxy groups -OCH3 is 1. The molecule has 10 heteroatoms. The number of halogens is 2. The van der Waals surface area contributed by atoms with E-state index in [0.29, 0.717) is 25.0 Å². The zero-order valence-electron chi connectivity index (χ0n) is 17.9. The summed E-state index contributed by atoms with van der Waals surface area (Å²) in [7, 11) is 3.25. The van der Waals surface area contributed by atoms with Crippen molar-refractivity contribution < 1.29 is 19.0 Å². The van der Waals surface area contributed by atoms with E-state index in [1.165, 1.54) is 13.3 Å². The molecule has 4 rings (SSSR count). The molecular weight excluding hydrogens is 439 g/mol. The van der Waals surface area contributed by atoms with Gasteiger partial charge in [-0.2, -0.15) is 5.26 Å². The summed E-state index contributed by atoms with van der Waals surface area (Å²) in [5.41, 5.74) is -0.377. The van der Waals surface area contributed by atoms with Gasteiger partial charge in [-0.15, -0.1) is 12.4 Å². The van der Waals surface area contributed by atoms with Crippen LogP contribution in [0.2, 0.25) is 0 Å². The number of fused-ring (bicyclic) bond motifs is 1. The Morgan fingerprint density at radius 1 is 1.44 bits per heavy atom. The van der Waals surface area contributed by atoms with Gasteiger partial charge >= 0.3 is 5.97 Å². The summed E-state index contributed by atoms with van der Waals surface area (Å²) in [6, 6.07) is 3.39. The third-order valence-corrected chi connectivity index (χ3v) is 6.36. The Morgan fingerprint density at radius 3 is 2.72 bits per heavy atom. The SMILES string of the molecule is CN[C@@H](CC#N)[C@@H]1CCN(c2c(F)cc3c(=O)c(C(=O)O)cn(C4CC4)c3c2OC)C1.Cl. The number of ether oxygens (including phenoxy) is 1. The molecule has 0 spiro atoms. The molecule has 0 radical (unpaired) electrons. The predicted octanol–water partition coefficient (Wildman–Crippen LogP) is 2.93. The lowest BCUT2D eigenvalue weighted by Gasteiger charge is -2.26. The molecule has 2 aliphatic rings. The van der Waals surface area contributed by atoms with Gasteiger partial charge in [0.2, 0.25) is 5.43 Å². The summed E-state index contributed by atoms with van der Waals surface area (Å²) < 4.78 is 22.7. The number of rotatable bonds is 7. The van der Waals surface area contributed by atoms with Crippen molar-refractivity contribution in [2.75, 3.05) is 32.1 Å². The Hall–Kier alpha value is -2.83. The van der Waals surface area contributed by atoms with Crippen LogP contribution in [0.25, 0.3) is 10.9 Å². The van der Waals surface area contributed by atoms with Gasteiger partial charge in [-0.05, 0) is 38.3 Å². The zero-order chi connectivity index (χ0) is 22.3. The zero-order valence-corrected chi connectivity index (χ0v) is 18.7. The molecule has 2 atom stereocenters. The lowest BCUT2D eigenvalue weighted by Crippen LogP contribution is -2.35. The molecular formula is C22H26ClFN4O4. The van der Waals surface area contributed by atoms with Crippen LogP contribution in [0, 0.1) is 23.1 Å². The fourth-order valence-electron chi connectivity index (χ4n) is 4.65. The van der Waals surface area contributed by atoms with Crippen molar-refractivity contribution in [2.45, 2.75) is 37.8 Å². The number of nitriles is 1. The standard InChI is InChI=1S/C22H25FN4O4.ClH/c1-25-17(5-7-24)12-6-8-26(10-12)19-16(23)9-14-18(21(19)31-2)27(13-3-4-13)11-15(20(14)28)22(29)30;/h9,11-13,17,25H,3-6,8,10H2,1-2H3,(H,29,30);1H/t12-,17+;/m1./s1. The van der Waals surface area contributed by atoms with E-state index in [1.807, 2.05) is 11.9 Å². The van der Waals surface area contributed by atoms with Crippen molar-refractivity contribution in [1.82, 2.24) is 9.88 Å². The smallest absolute Gasteiger partial charge is 0.341 e. The largest absolute Gasteiger partial charge is 0.492 e. The van der Waals surface area contributed by atoms with Crippen LogP contribution in [-0.2, 0) is 0 Å². The third kappa shape index (κ3) is 4.00. The van der Waals surface area contributed by atoms with Crippen LogP contribution < -0.4 is 20.4 Å². The number of carboxylic acids is 1. The number of carbonyl (C=O) groups is 1. The number of pyridine rings is 1. The van der Waals surface area contributed by atoms with Crippen LogP contribution in [0.4, 0.5) is 10.1 Å². The minimum atomic E-state index is -1.33. The molecule has 1 aliphatic carbocycles. The maximum absolute atomic E-state index is 15.4. The topological polar surface area (TPSA) is 108 Å². The monoisotopic (exact) mass is 464 g/mol. The third-order valence-electron chi connectivity index (χ3n) is 6.36. The quantitative estimate of drug-likeness (QED) is 0.648. The highest BCUT2D eigenvalue weighted by Gasteiger charge is 2.35. The van der Waals surface area contributed by atoms with E-state index in [0.717, 1.165) is 25.3 Å². The first-order valence-corrected chi connectivity index (χ1v) is 10.4. The second-order valence-corrected chi connectivity index (χ2v) is 8.20. The first kappa shape index (κ1) is 23.8. The predicted molar refractivity (Wildman–Crippen MR) is 121 cm³/mol. The summed E-state index contributed by atoms with van der Waals surface area (Å²) >= 11 is 0. The van der Waals surface area contributed by atoms with Crippen molar-refractivity contribution in [2.24, 2.45) is 5.92 Å². The van der Waals surface area contributed by atoms with E-state index in [4.69, 9.17) is 10.00 Å². The van der Waals surface area contributed by atoms with Crippen LogP contribution in [0.15, 0.2) is 17.1 Å². The second-order valence-electron chi connectivity index (χ2n) is 8.20. The number of benzene rings is 1. The second kappa shape index (κ2) is 9.35. The van der Waals surface area contributed by atoms with Crippen LogP contribution in [0.1, 0.15) is 42.1 Å². The van der Waals surface area contributed by atoms with E-state index in [-0.39, 0.29) is 52.8 Å². The van der Waals surface area contributed by atoms with E-state index >= 15 is 4.39 Å². The molecule has 1 saturated carbocycles. The highest BCUT2D eigenvalue weighted by Crippen LogP contribution is 2.44. The van der Waals surface area contributed by atoms with Crippen LogP contribution in [0.5, 0.6) is 5.75 Å². The number of nitrogens with zero attached hydrogens (tertiary/aromatic N) is 3.